The van der Waals surface area contributed by atoms with Crippen LogP contribution in [0.4, 0.5) is 5.69 Å². The highest BCUT2D eigenvalue weighted by molar-refractivity contribution is 5.97. The summed E-state index contributed by atoms with van der Waals surface area (Å²) in [4.78, 5) is 22.6. The summed E-state index contributed by atoms with van der Waals surface area (Å²) in [5.41, 5.74) is 0.874. The van der Waals surface area contributed by atoms with Crippen LogP contribution in [0.3, 0.4) is 0 Å². The van der Waals surface area contributed by atoms with E-state index >= 15 is 0 Å². The minimum absolute atomic E-state index is 0.384. The van der Waals surface area contributed by atoms with Crippen molar-refractivity contribution in [1.82, 2.24) is 0 Å². The molecule has 0 saturated carbocycles. The Kier molecular flexibility index (Phi) is 7.40. The maximum atomic E-state index is 12.1. The van der Waals surface area contributed by atoms with E-state index in [1.54, 1.807) is 24.3 Å². The van der Waals surface area contributed by atoms with Gasteiger partial charge in [-0.25, -0.2) is 4.79 Å². The van der Waals surface area contributed by atoms with E-state index < -0.39 is 0 Å². The van der Waals surface area contributed by atoms with Crippen LogP contribution in [0.1, 0.15) is 49.9 Å². The summed E-state index contributed by atoms with van der Waals surface area (Å²) in [5, 5.41) is 2.51. The van der Waals surface area contributed by atoms with Crippen molar-refractivity contribution >= 4 is 18.1 Å². The molecule has 4 nitrogen and oxygen atoms in total. The van der Waals surface area contributed by atoms with Crippen molar-refractivity contribution < 1.29 is 14.3 Å². The van der Waals surface area contributed by atoms with Crippen molar-refractivity contribution in [2.75, 3.05) is 11.9 Å². The van der Waals surface area contributed by atoms with Crippen LogP contribution < -0.4 is 5.32 Å². The molecule has 0 fully saturated rings. The normalized spacial score (nSPS) is 11.7. The quantitative estimate of drug-likeness (QED) is 0.554. The molecular formula is C16H23NO3. The molecule has 1 atom stereocenters. The minimum atomic E-state index is -0.384. The number of ether oxygens (including phenoxy) is 1. The molecule has 0 radical (unpaired) electrons. The van der Waals surface area contributed by atoms with Gasteiger partial charge in [0.15, 0.2) is 0 Å². The highest BCUT2D eigenvalue weighted by Crippen LogP contribution is 2.18. The summed E-state index contributed by atoms with van der Waals surface area (Å²) in [6, 6.07) is 6.85. The third kappa shape index (κ3) is 5.03. The third-order valence-corrected chi connectivity index (χ3v) is 3.35. The number of carbonyl (C=O) groups is 2. The number of amides is 1. The van der Waals surface area contributed by atoms with E-state index in [1.807, 2.05) is 0 Å². The van der Waals surface area contributed by atoms with Crippen molar-refractivity contribution in [3.05, 3.63) is 29.8 Å². The van der Waals surface area contributed by atoms with Gasteiger partial charge in [-0.15, -0.1) is 0 Å². The Labute approximate surface area is 120 Å². The number of carbonyl (C=O) groups excluding carboxylic acids is 2. The number of anilines is 1. The number of unbranched alkanes of at least 4 members (excludes halogenated alkanes) is 1. The van der Waals surface area contributed by atoms with Gasteiger partial charge in [0.1, 0.15) is 0 Å². The maximum absolute atomic E-state index is 12.1. The van der Waals surface area contributed by atoms with E-state index in [4.69, 9.17) is 4.74 Å². The van der Waals surface area contributed by atoms with Crippen LogP contribution in [0.5, 0.6) is 0 Å². The van der Waals surface area contributed by atoms with Crippen LogP contribution in [0.15, 0.2) is 24.3 Å². The lowest BCUT2D eigenvalue weighted by Gasteiger charge is -2.15. The lowest BCUT2D eigenvalue weighted by Crippen LogP contribution is -2.15. The summed E-state index contributed by atoms with van der Waals surface area (Å²) in [6.45, 7) is 4.70. The number of esters is 1. The number of rotatable bonds is 9. The molecule has 0 aromatic heterocycles. The largest absolute Gasteiger partial charge is 0.462 e. The fraction of sp³-hybridized carbons (Fsp3) is 0.500. The Hall–Kier alpha value is -1.84. The lowest BCUT2D eigenvalue weighted by atomic mass is 10.0. The molecule has 0 bridgehead atoms. The average Bonchev–Trinajstić information content (AvgIpc) is 2.48. The summed E-state index contributed by atoms with van der Waals surface area (Å²) < 4.78 is 5.37. The number of benzene rings is 1. The monoisotopic (exact) mass is 277 g/mol. The second-order valence-electron chi connectivity index (χ2n) is 4.82. The number of hydrogen-bond acceptors (Lipinski definition) is 3. The van der Waals surface area contributed by atoms with Gasteiger partial charge < -0.3 is 10.1 Å². The Balaban J connectivity index is 2.59. The molecule has 1 amide bonds. The second-order valence-corrected chi connectivity index (χ2v) is 4.82. The molecule has 110 valence electrons. The second kappa shape index (κ2) is 9.13. The first-order valence-corrected chi connectivity index (χ1v) is 7.19. The molecule has 0 saturated heterocycles. The van der Waals surface area contributed by atoms with Crippen LogP contribution in [-0.4, -0.2) is 19.0 Å². The lowest BCUT2D eigenvalue weighted by molar-refractivity contribution is -0.105. The molecule has 0 aliphatic carbocycles. The van der Waals surface area contributed by atoms with E-state index in [9.17, 15) is 9.59 Å². The fourth-order valence-corrected chi connectivity index (χ4v) is 2.02. The minimum Gasteiger partial charge on any atom is -0.462 e. The van der Waals surface area contributed by atoms with Gasteiger partial charge in [-0.2, -0.15) is 0 Å². The SMILES string of the molecule is CCCCC(CC)COC(=O)c1ccccc1NC=O. The topological polar surface area (TPSA) is 55.4 Å². The van der Waals surface area contributed by atoms with Crippen molar-refractivity contribution in [2.45, 2.75) is 39.5 Å². The first-order chi connectivity index (χ1) is 9.72. The highest BCUT2D eigenvalue weighted by Gasteiger charge is 2.14. The van der Waals surface area contributed by atoms with E-state index in [2.05, 4.69) is 19.2 Å². The van der Waals surface area contributed by atoms with E-state index in [0.29, 0.717) is 30.2 Å². The summed E-state index contributed by atoms with van der Waals surface area (Å²) in [7, 11) is 0. The van der Waals surface area contributed by atoms with Crippen molar-refractivity contribution in [1.29, 1.82) is 0 Å². The molecular weight excluding hydrogens is 254 g/mol. The Morgan fingerprint density at radius 1 is 1.35 bits per heavy atom. The zero-order valence-corrected chi connectivity index (χ0v) is 12.2. The standard InChI is InChI=1S/C16H23NO3/c1-3-5-8-13(4-2)11-20-16(19)14-9-6-7-10-15(14)17-12-18/h6-7,9-10,12-13H,3-5,8,11H2,1-2H3,(H,17,18). The molecule has 1 unspecified atom stereocenters. The van der Waals surface area contributed by atoms with Crippen LogP contribution >= 0.6 is 0 Å². The average molecular weight is 277 g/mol. The fourth-order valence-electron chi connectivity index (χ4n) is 2.02. The number of nitrogens with one attached hydrogen (secondary N) is 1. The smallest absolute Gasteiger partial charge is 0.340 e. The zero-order chi connectivity index (χ0) is 14.8. The van der Waals surface area contributed by atoms with Gasteiger partial charge in [-0.1, -0.05) is 45.2 Å². The Morgan fingerprint density at radius 3 is 2.75 bits per heavy atom. The van der Waals surface area contributed by atoms with E-state index in [1.165, 1.54) is 0 Å². The molecule has 0 aliphatic heterocycles. The molecule has 20 heavy (non-hydrogen) atoms. The zero-order valence-electron chi connectivity index (χ0n) is 12.2. The molecule has 1 N–H and O–H groups in total. The van der Waals surface area contributed by atoms with E-state index in [0.717, 1.165) is 25.7 Å². The van der Waals surface area contributed by atoms with E-state index in [-0.39, 0.29) is 5.97 Å². The molecule has 4 heteroatoms. The Bertz CT molecular complexity index is 431. The number of hydrogen-bond donors (Lipinski definition) is 1. The van der Waals surface area contributed by atoms with Crippen LogP contribution in [0, 0.1) is 5.92 Å². The first kappa shape index (κ1) is 16.2. The van der Waals surface area contributed by atoms with Crippen LogP contribution in [0.2, 0.25) is 0 Å². The first-order valence-electron chi connectivity index (χ1n) is 7.19. The van der Waals surface area contributed by atoms with Gasteiger partial charge in [-0.05, 0) is 24.5 Å². The third-order valence-electron chi connectivity index (χ3n) is 3.35. The summed E-state index contributed by atoms with van der Waals surface area (Å²) in [5.74, 6) is 0.0231. The van der Waals surface area contributed by atoms with Gasteiger partial charge in [0.2, 0.25) is 6.41 Å². The molecule has 1 aromatic rings. The molecule has 1 rings (SSSR count). The molecule has 0 aliphatic rings. The Morgan fingerprint density at radius 2 is 2.10 bits per heavy atom. The molecule has 0 heterocycles. The maximum Gasteiger partial charge on any atom is 0.340 e. The number of para-hydroxylation sites is 1. The van der Waals surface area contributed by atoms with Crippen molar-refractivity contribution in [2.24, 2.45) is 5.92 Å². The predicted octanol–water partition coefficient (Wildman–Crippen LogP) is 3.63. The molecule has 0 spiro atoms. The van der Waals surface area contributed by atoms with Gasteiger partial charge in [0.05, 0.1) is 17.9 Å². The predicted molar refractivity (Wildman–Crippen MR) is 79.7 cm³/mol. The summed E-state index contributed by atoms with van der Waals surface area (Å²) >= 11 is 0. The van der Waals surface area contributed by atoms with Crippen molar-refractivity contribution in [3.8, 4) is 0 Å². The van der Waals surface area contributed by atoms with Gasteiger partial charge in [-0.3, -0.25) is 4.79 Å². The summed E-state index contributed by atoms with van der Waals surface area (Å²) in [6.07, 6.45) is 4.94. The molecule has 1 aromatic carbocycles. The van der Waals surface area contributed by atoms with Gasteiger partial charge in [0, 0.05) is 0 Å². The van der Waals surface area contributed by atoms with Crippen LogP contribution in [0.25, 0.3) is 0 Å². The highest BCUT2D eigenvalue weighted by atomic mass is 16.5. The van der Waals surface area contributed by atoms with Gasteiger partial charge >= 0.3 is 5.97 Å². The van der Waals surface area contributed by atoms with Gasteiger partial charge in [0.25, 0.3) is 0 Å². The van der Waals surface area contributed by atoms with Crippen LogP contribution in [-0.2, 0) is 9.53 Å². The van der Waals surface area contributed by atoms with Crippen molar-refractivity contribution in [3.63, 3.8) is 0 Å².